The van der Waals surface area contributed by atoms with Crippen LogP contribution in [0.3, 0.4) is 0 Å². The largest absolute Gasteiger partial charge is 0.461 e. The minimum absolute atomic E-state index is 0.00610. The van der Waals surface area contributed by atoms with Crippen LogP contribution in [0, 0.1) is 0 Å². The van der Waals surface area contributed by atoms with E-state index in [2.05, 4.69) is 20.2 Å². The van der Waals surface area contributed by atoms with Crippen LogP contribution < -0.4 is 5.69 Å². The van der Waals surface area contributed by atoms with Crippen molar-refractivity contribution in [2.45, 2.75) is 32.3 Å². The third-order valence-corrected chi connectivity index (χ3v) is 5.34. The molecule has 0 fully saturated rings. The standard InChI is InChI=1S/C22H19ClF3N7O4/c1-2-37-20(35)18-15(4-3-9-27-18)33-12-28-17(29-33)11-32-21(36)31(10-16(34)22(24,25)26)19(30-32)13-5-7-14(23)8-6-13/h3-9,12,16,34H,2,10-11H2,1H3/t16-/m1/s1. The van der Waals surface area contributed by atoms with E-state index in [9.17, 15) is 27.9 Å². The number of esters is 1. The van der Waals surface area contributed by atoms with Crippen molar-refractivity contribution >= 4 is 17.6 Å². The lowest BCUT2D eigenvalue weighted by molar-refractivity contribution is -0.207. The minimum Gasteiger partial charge on any atom is -0.461 e. The van der Waals surface area contributed by atoms with E-state index in [1.165, 1.54) is 41.5 Å². The van der Waals surface area contributed by atoms with Gasteiger partial charge in [0.15, 0.2) is 23.4 Å². The number of carbonyl (C=O) groups is 1. The fraction of sp³-hybridized carbons (Fsp3) is 0.273. The first kappa shape index (κ1) is 26.0. The molecule has 0 spiro atoms. The average molecular weight is 538 g/mol. The number of rotatable bonds is 8. The van der Waals surface area contributed by atoms with E-state index in [-0.39, 0.29) is 36.2 Å². The van der Waals surface area contributed by atoms with Crippen LogP contribution in [-0.4, -0.2) is 64.1 Å². The second kappa shape index (κ2) is 10.5. The van der Waals surface area contributed by atoms with Crippen LogP contribution in [0.4, 0.5) is 13.2 Å². The molecule has 0 unspecified atom stereocenters. The molecule has 0 aliphatic heterocycles. The Labute approximate surface area is 211 Å². The Morgan fingerprint density at radius 3 is 2.57 bits per heavy atom. The first-order valence-corrected chi connectivity index (χ1v) is 11.2. The van der Waals surface area contributed by atoms with Crippen molar-refractivity contribution in [1.82, 2.24) is 34.1 Å². The zero-order chi connectivity index (χ0) is 26.7. The van der Waals surface area contributed by atoms with Crippen LogP contribution in [0.15, 0.2) is 53.7 Å². The Kier molecular flexibility index (Phi) is 7.40. The van der Waals surface area contributed by atoms with Gasteiger partial charge in [0.25, 0.3) is 0 Å². The maximum atomic E-state index is 13.0. The number of aliphatic hydroxyl groups is 1. The normalized spacial score (nSPS) is 12.5. The minimum atomic E-state index is -4.94. The van der Waals surface area contributed by atoms with Crippen LogP contribution in [0.25, 0.3) is 17.1 Å². The van der Waals surface area contributed by atoms with Gasteiger partial charge in [-0.2, -0.15) is 13.2 Å². The summed E-state index contributed by atoms with van der Waals surface area (Å²) in [6.45, 7) is 0.413. The molecule has 0 aliphatic carbocycles. The first-order chi connectivity index (χ1) is 17.6. The molecule has 0 bridgehead atoms. The molecule has 0 saturated carbocycles. The van der Waals surface area contributed by atoms with Gasteiger partial charge in [0.05, 0.1) is 18.8 Å². The molecule has 0 amide bonds. The number of hydrogen-bond acceptors (Lipinski definition) is 8. The Morgan fingerprint density at radius 2 is 1.89 bits per heavy atom. The van der Waals surface area contributed by atoms with E-state index in [0.717, 1.165) is 9.25 Å². The van der Waals surface area contributed by atoms with Gasteiger partial charge in [-0.1, -0.05) is 11.6 Å². The third kappa shape index (κ3) is 5.70. The molecule has 1 aromatic carbocycles. The number of aromatic nitrogens is 7. The van der Waals surface area contributed by atoms with Gasteiger partial charge in [-0.15, -0.1) is 10.2 Å². The molecule has 3 aromatic heterocycles. The smallest absolute Gasteiger partial charge is 0.416 e. The number of carbonyl (C=O) groups excluding carboxylic acids is 1. The lowest BCUT2D eigenvalue weighted by Crippen LogP contribution is -2.37. The van der Waals surface area contributed by atoms with E-state index >= 15 is 0 Å². The van der Waals surface area contributed by atoms with Crippen LogP contribution in [-0.2, 0) is 17.8 Å². The van der Waals surface area contributed by atoms with Crippen molar-refractivity contribution in [3.8, 4) is 17.1 Å². The number of alkyl halides is 3. The number of pyridine rings is 1. The second-order valence-corrected chi connectivity index (χ2v) is 8.07. The van der Waals surface area contributed by atoms with E-state index < -0.39 is 30.5 Å². The summed E-state index contributed by atoms with van der Waals surface area (Å²) >= 11 is 5.89. The summed E-state index contributed by atoms with van der Waals surface area (Å²) in [5.41, 5.74) is -0.345. The molecule has 11 nitrogen and oxygen atoms in total. The van der Waals surface area contributed by atoms with Crippen molar-refractivity contribution in [2.24, 2.45) is 0 Å². The second-order valence-electron chi connectivity index (χ2n) is 7.64. The number of halogens is 4. The molecule has 0 radical (unpaired) electrons. The summed E-state index contributed by atoms with van der Waals surface area (Å²) in [6, 6.07) is 9.09. The Bertz CT molecular complexity index is 1460. The topological polar surface area (TPSA) is 130 Å². The average Bonchev–Trinajstić information content (AvgIpc) is 3.44. The van der Waals surface area contributed by atoms with Crippen molar-refractivity contribution in [3.63, 3.8) is 0 Å². The molecular weight excluding hydrogens is 519 g/mol. The molecule has 0 saturated heterocycles. The number of hydrogen-bond donors (Lipinski definition) is 1. The molecule has 1 atom stereocenters. The maximum Gasteiger partial charge on any atom is 0.416 e. The highest BCUT2D eigenvalue weighted by atomic mass is 35.5. The lowest BCUT2D eigenvalue weighted by atomic mass is 10.2. The van der Waals surface area contributed by atoms with Gasteiger partial charge < -0.3 is 9.84 Å². The molecule has 4 rings (SSSR count). The molecule has 4 aromatic rings. The zero-order valence-corrected chi connectivity index (χ0v) is 19.9. The predicted molar refractivity (Wildman–Crippen MR) is 123 cm³/mol. The third-order valence-electron chi connectivity index (χ3n) is 5.09. The summed E-state index contributed by atoms with van der Waals surface area (Å²) in [4.78, 5) is 33.4. The Hall–Kier alpha value is -4.04. The van der Waals surface area contributed by atoms with Gasteiger partial charge in [0, 0.05) is 16.8 Å². The predicted octanol–water partition coefficient (Wildman–Crippen LogP) is 2.49. The van der Waals surface area contributed by atoms with Gasteiger partial charge in [-0.25, -0.2) is 28.9 Å². The van der Waals surface area contributed by atoms with E-state index in [1.54, 1.807) is 19.1 Å². The highest BCUT2D eigenvalue weighted by molar-refractivity contribution is 6.30. The highest BCUT2D eigenvalue weighted by Crippen LogP contribution is 2.24. The molecule has 1 N–H and O–H groups in total. The van der Waals surface area contributed by atoms with Gasteiger partial charge in [-0.3, -0.25) is 4.57 Å². The van der Waals surface area contributed by atoms with Gasteiger partial charge in [0.2, 0.25) is 0 Å². The molecule has 194 valence electrons. The van der Waals surface area contributed by atoms with Crippen LogP contribution >= 0.6 is 11.6 Å². The number of nitrogens with zero attached hydrogens (tertiary/aromatic N) is 7. The van der Waals surface area contributed by atoms with Crippen LogP contribution in [0.1, 0.15) is 23.2 Å². The fourth-order valence-electron chi connectivity index (χ4n) is 3.36. The molecule has 37 heavy (non-hydrogen) atoms. The zero-order valence-electron chi connectivity index (χ0n) is 19.1. The molecule has 3 heterocycles. The van der Waals surface area contributed by atoms with Gasteiger partial charge >= 0.3 is 17.8 Å². The molecular formula is C22H19ClF3N7O4. The monoisotopic (exact) mass is 537 g/mol. The lowest BCUT2D eigenvalue weighted by Gasteiger charge is -2.15. The van der Waals surface area contributed by atoms with E-state index in [0.29, 0.717) is 10.6 Å². The molecule has 0 aliphatic rings. The van der Waals surface area contributed by atoms with Crippen molar-refractivity contribution in [2.75, 3.05) is 6.61 Å². The summed E-state index contributed by atoms with van der Waals surface area (Å²) < 4.78 is 47.0. The summed E-state index contributed by atoms with van der Waals surface area (Å²) in [5.74, 6) is -0.702. The number of benzene rings is 1. The molecule has 15 heteroatoms. The Morgan fingerprint density at radius 1 is 1.16 bits per heavy atom. The maximum absolute atomic E-state index is 13.0. The Balaban J connectivity index is 1.69. The van der Waals surface area contributed by atoms with Crippen molar-refractivity contribution in [3.05, 3.63) is 75.9 Å². The van der Waals surface area contributed by atoms with E-state index in [4.69, 9.17) is 16.3 Å². The summed E-state index contributed by atoms with van der Waals surface area (Å²) in [7, 11) is 0. The SMILES string of the molecule is CCOC(=O)c1ncccc1-n1cnc(Cn2nc(-c3ccc(Cl)cc3)n(C[C@@H](O)C(F)(F)F)c2=O)n1. The number of ether oxygens (including phenoxy) is 1. The summed E-state index contributed by atoms with van der Waals surface area (Å²) in [6.07, 6.45) is -5.05. The van der Waals surface area contributed by atoms with Gasteiger partial charge in [-0.05, 0) is 43.3 Å². The summed E-state index contributed by atoms with van der Waals surface area (Å²) in [5, 5.41) is 18.4. The van der Waals surface area contributed by atoms with Crippen LogP contribution in [0.2, 0.25) is 5.02 Å². The van der Waals surface area contributed by atoms with Crippen LogP contribution in [0.5, 0.6) is 0 Å². The highest BCUT2D eigenvalue weighted by Gasteiger charge is 2.39. The van der Waals surface area contributed by atoms with Gasteiger partial charge in [0.1, 0.15) is 12.9 Å². The van der Waals surface area contributed by atoms with Crippen molar-refractivity contribution in [1.29, 1.82) is 0 Å². The van der Waals surface area contributed by atoms with E-state index in [1.807, 2.05) is 0 Å². The first-order valence-electron chi connectivity index (χ1n) is 10.8. The number of aliphatic hydroxyl groups excluding tert-OH is 1. The fourth-order valence-corrected chi connectivity index (χ4v) is 3.48. The quantitative estimate of drug-likeness (QED) is 0.339. The van der Waals surface area contributed by atoms with Crippen molar-refractivity contribution < 1.29 is 27.8 Å².